The second-order valence-corrected chi connectivity index (χ2v) is 5.58. The third-order valence-corrected chi connectivity index (χ3v) is 4.24. The zero-order valence-corrected chi connectivity index (χ0v) is 11.5. The second-order valence-electron chi connectivity index (χ2n) is 5.58. The molecule has 2 rings (SSSR count). The molecule has 0 aromatic rings. The predicted octanol–water partition coefficient (Wildman–Crippen LogP) is 1.57. The zero-order chi connectivity index (χ0) is 14.0. The van der Waals surface area contributed by atoms with Crippen LogP contribution in [0.3, 0.4) is 0 Å². The molecule has 0 amide bonds. The van der Waals surface area contributed by atoms with Gasteiger partial charge in [-0.2, -0.15) is 0 Å². The summed E-state index contributed by atoms with van der Waals surface area (Å²) in [6, 6.07) is 0. The highest BCUT2D eigenvalue weighted by Crippen LogP contribution is 2.35. The van der Waals surface area contributed by atoms with Crippen LogP contribution in [0.2, 0.25) is 0 Å². The summed E-state index contributed by atoms with van der Waals surface area (Å²) < 4.78 is 5.37. The summed E-state index contributed by atoms with van der Waals surface area (Å²) in [7, 11) is 0. The Morgan fingerprint density at radius 3 is 2.89 bits per heavy atom. The van der Waals surface area contributed by atoms with Crippen molar-refractivity contribution in [3.8, 4) is 0 Å². The van der Waals surface area contributed by atoms with Crippen LogP contribution in [0.4, 0.5) is 0 Å². The molecule has 4 atom stereocenters. The standard InChI is InChI=1S/C15H22O4/c1-9-4-3-5-11(8-16)6-14-12(7-13(9)17)10(2)15(18)19-14/h4,6,10,12-14,16-17H,3,5,7-8H2,1-2H3/b9-4+,11-6-/t10-,12-,13-,14+/m0/s1. The third-order valence-electron chi connectivity index (χ3n) is 4.24. The Kier molecular flexibility index (Phi) is 4.42. The summed E-state index contributed by atoms with van der Waals surface area (Å²) in [5, 5.41) is 19.5. The SMILES string of the molecule is C/C1=C\CC/C(CO)=C/[C@H]2OC(=O)[C@@H](C)[C@@H]2C[C@@H]1O. The normalized spacial score (nSPS) is 41.6. The fourth-order valence-electron chi connectivity index (χ4n) is 2.80. The summed E-state index contributed by atoms with van der Waals surface area (Å²) >= 11 is 0. The molecule has 1 aliphatic heterocycles. The van der Waals surface area contributed by atoms with Crippen molar-refractivity contribution in [2.45, 2.75) is 45.3 Å². The smallest absolute Gasteiger partial charge is 0.309 e. The topological polar surface area (TPSA) is 66.8 Å². The van der Waals surface area contributed by atoms with Gasteiger partial charge in [0.05, 0.1) is 18.6 Å². The van der Waals surface area contributed by atoms with E-state index in [2.05, 4.69) is 0 Å². The van der Waals surface area contributed by atoms with E-state index in [0.717, 1.165) is 24.0 Å². The van der Waals surface area contributed by atoms with Crippen LogP contribution in [0.5, 0.6) is 0 Å². The van der Waals surface area contributed by atoms with Gasteiger partial charge < -0.3 is 14.9 Å². The molecule has 4 nitrogen and oxygen atoms in total. The Morgan fingerprint density at radius 1 is 1.47 bits per heavy atom. The molecular formula is C15H22O4. The van der Waals surface area contributed by atoms with Crippen LogP contribution in [0, 0.1) is 11.8 Å². The Morgan fingerprint density at radius 2 is 2.21 bits per heavy atom. The lowest BCUT2D eigenvalue weighted by Crippen LogP contribution is -2.25. The molecule has 0 radical (unpaired) electrons. The average Bonchev–Trinajstić information content (AvgIpc) is 2.64. The quantitative estimate of drug-likeness (QED) is 0.558. The number of rotatable bonds is 1. The number of carbonyl (C=O) groups is 1. The van der Waals surface area contributed by atoms with Crippen LogP contribution < -0.4 is 0 Å². The summed E-state index contributed by atoms with van der Waals surface area (Å²) in [5.41, 5.74) is 1.84. The average molecular weight is 266 g/mol. The van der Waals surface area contributed by atoms with Gasteiger partial charge in [0, 0.05) is 5.92 Å². The number of ether oxygens (including phenoxy) is 1. The molecule has 1 saturated heterocycles. The van der Waals surface area contributed by atoms with E-state index in [-0.39, 0.29) is 30.5 Å². The van der Waals surface area contributed by atoms with E-state index in [0.29, 0.717) is 6.42 Å². The van der Waals surface area contributed by atoms with Crippen LogP contribution in [0.15, 0.2) is 23.3 Å². The van der Waals surface area contributed by atoms with Gasteiger partial charge in [-0.15, -0.1) is 0 Å². The van der Waals surface area contributed by atoms with Gasteiger partial charge in [-0.1, -0.05) is 13.0 Å². The highest BCUT2D eigenvalue weighted by molar-refractivity contribution is 5.75. The lowest BCUT2D eigenvalue weighted by atomic mass is 9.83. The molecule has 106 valence electrons. The minimum absolute atomic E-state index is 0.00933. The lowest BCUT2D eigenvalue weighted by molar-refractivity contribution is -0.142. The van der Waals surface area contributed by atoms with Crippen molar-refractivity contribution in [3.05, 3.63) is 23.3 Å². The van der Waals surface area contributed by atoms with Crippen molar-refractivity contribution >= 4 is 5.97 Å². The van der Waals surface area contributed by atoms with Gasteiger partial charge >= 0.3 is 5.97 Å². The third kappa shape index (κ3) is 3.07. The Hall–Kier alpha value is -1.13. The van der Waals surface area contributed by atoms with Gasteiger partial charge in [0.1, 0.15) is 6.10 Å². The number of aliphatic hydroxyl groups is 2. The first-order chi connectivity index (χ1) is 9.02. The fraction of sp³-hybridized carbons (Fsp3) is 0.667. The highest BCUT2D eigenvalue weighted by atomic mass is 16.6. The molecule has 0 aromatic carbocycles. The lowest BCUT2D eigenvalue weighted by Gasteiger charge is -2.23. The number of esters is 1. The first-order valence-electron chi connectivity index (χ1n) is 6.88. The largest absolute Gasteiger partial charge is 0.458 e. The number of carbonyl (C=O) groups excluding carboxylic acids is 1. The first kappa shape index (κ1) is 14.3. The molecule has 1 fully saturated rings. The van der Waals surface area contributed by atoms with Crippen molar-refractivity contribution in [2.75, 3.05) is 6.61 Å². The maximum atomic E-state index is 11.7. The number of hydrogen-bond donors (Lipinski definition) is 2. The van der Waals surface area contributed by atoms with E-state index >= 15 is 0 Å². The molecule has 19 heavy (non-hydrogen) atoms. The van der Waals surface area contributed by atoms with Gasteiger partial charge in [-0.3, -0.25) is 4.79 Å². The van der Waals surface area contributed by atoms with Crippen LogP contribution in [-0.2, 0) is 9.53 Å². The van der Waals surface area contributed by atoms with Crippen molar-refractivity contribution in [3.63, 3.8) is 0 Å². The molecule has 0 unspecified atom stereocenters. The van der Waals surface area contributed by atoms with E-state index in [1.807, 2.05) is 26.0 Å². The molecule has 0 spiro atoms. The highest BCUT2D eigenvalue weighted by Gasteiger charge is 2.41. The van der Waals surface area contributed by atoms with Gasteiger partial charge in [-0.05, 0) is 43.4 Å². The van der Waals surface area contributed by atoms with Crippen LogP contribution in [0.1, 0.15) is 33.1 Å². The van der Waals surface area contributed by atoms with Crippen LogP contribution >= 0.6 is 0 Å². The molecule has 0 bridgehead atoms. The Balaban J connectivity index is 2.29. The van der Waals surface area contributed by atoms with Crippen molar-refractivity contribution in [2.24, 2.45) is 11.8 Å². The monoisotopic (exact) mass is 266 g/mol. The van der Waals surface area contributed by atoms with Crippen molar-refractivity contribution in [1.82, 2.24) is 0 Å². The van der Waals surface area contributed by atoms with Crippen molar-refractivity contribution in [1.29, 1.82) is 0 Å². The van der Waals surface area contributed by atoms with Crippen LogP contribution in [-0.4, -0.2) is 35.0 Å². The maximum absolute atomic E-state index is 11.7. The molecule has 2 aliphatic rings. The molecule has 1 heterocycles. The van der Waals surface area contributed by atoms with E-state index < -0.39 is 6.10 Å². The minimum Gasteiger partial charge on any atom is -0.458 e. The summed E-state index contributed by atoms with van der Waals surface area (Å²) in [4.78, 5) is 11.7. The maximum Gasteiger partial charge on any atom is 0.309 e. The Labute approximate surface area is 113 Å². The molecule has 0 saturated carbocycles. The number of aliphatic hydroxyl groups excluding tert-OH is 2. The molecule has 0 aromatic heterocycles. The van der Waals surface area contributed by atoms with Gasteiger partial charge in [0.15, 0.2) is 0 Å². The molecule has 4 heteroatoms. The molecule has 2 N–H and O–H groups in total. The number of fused-ring (bicyclic) bond motifs is 1. The molecular weight excluding hydrogens is 244 g/mol. The summed E-state index contributed by atoms with van der Waals surface area (Å²) in [6.45, 7) is 3.74. The van der Waals surface area contributed by atoms with E-state index in [1.54, 1.807) is 0 Å². The number of hydrogen-bond acceptors (Lipinski definition) is 4. The zero-order valence-electron chi connectivity index (χ0n) is 11.5. The van der Waals surface area contributed by atoms with E-state index in [1.165, 1.54) is 0 Å². The van der Waals surface area contributed by atoms with Crippen molar-refractivity contribution < 1.29 is 19.7 Å². The predicted molar refractivity (Wildman–Crippen MR) is 71.3 cm³/mol. The van der Waals surface area contributed by atoms with Crippen LogP contribution in [0.25, 0.3) is 0 Å². The van der Waals surface area contributed by atoms with E-state index in [4.69, 9.17) is 4.74 Å². The fourth-order valence-corrected chi connectivity index (χ4v) is 2.80. The van der Waals surface area contributed by atoms with E-state index in [9.17, 15) is 15.0 Å². The Bertz CT molecular complexity index is 410. The number of allylic oxidation sites excluding steroid dienone is 1. The minimum atomic E-state index is -0.520. The van der Waals surface area contributed by atoms with Gasteiger partial charge in [0.2, 0.25) is 0 Å². The summed E-state index contributed by atoms with van der Waals surface area (Å²) in [5.74, 6) is -0.440. The summed E-state index contributed by atoms with van der Waals surface area (Å²) in [6.07, 6.45) is 5.09. The first-order valence-corrected chi connectivity index (χ1v) is 6.88. The van der Waals surface area contributed by atoms with Gasteiger partial charge in [-0.25, -0.2) is 0 Å². The molecule has 1 aliphatic carbocycles. The van der Waals surface area contributed by atoms with Gasteiger partial charge in [0.25, 0.3) is 0 Å². The second kappa shape index (κ2) is 5.88.